The van der Waals surface area contributed by atoms with E-state index in [-0.39, 0.29) is 11.7 Å². The van der Waals surface area contributed by atoms with Gasteiger partial charge in [0.2, 0.25) is 0 Å². The second-order valence-corrected chi connectivity index (χ2v) is 5.91. The molecule has 26 heavy (non-hydrogen) atoms. The van der Waals surface area contributed by atoms with Crippen LogP contribution < -0.4 is 11.1 Å². The Bertz CT molecular complexity index is 1010. The number of carbonyl (C=O) groups excluding carboxylic acids is 1. The molecule has 5 N–H and O–H groups in total. The first-order valence-corrected chi connectivity index (χ1v) is 8.00. The van der Waals surface area contributed by atoms with Crippen LogP contribution in [-0.4, -0.2) is 27.5 Å². The number of amides is 1. The van der Waals surface area contributed by atoms with Crippen molar-refractivity contribution >= 4 is 34.0 Å². The zero-order chi connectivity index (χ0) is 18.7. The summed E-state index contributed by atoms with van der Waals surface area (Å²) in [4.78, 5) is 15.4. The number of carbonyl (C=O) groups is 1. The van der Waals surface area contributed by atoms with Crippen LogP contribution in [0.2, 0.25) is 0 Å². The Hall–Kier alpha value is -3.61. The molecule has 2 aromatic carbocycles. The van der Waals surface area contributed by atoms with Crippen LogP contribution in [0.1, 0.15) is 29.9 Å². The predicted octanol–water partition coefficient (Wildman–Crippen LogP) is 3.23. The van der Waals surface area contributed by atoms with Crippen molar-refractivity contribution in [3.8, 4) is 5.75 Å². The molecule has 7 nitrogen and oxygen atoms in total. The lowest BCUT2D eigenvalue weighted by Gasteiger charge is -2.05. The number of aromatic nitrogens is 1. The fraction of sp³-hybridized carbons (Fsp3) is 0.105. The third-order valence-corrected chi connectivity index (χ3v) is 3.77. The first-order chi connectivity index (χ1) is 12.4. The molecule has 1 aromatic heterocycles. The zero-order valence-electron chi connectivity index (χ0n) is 14.4. The maximum absolute atomic E-state index is 12.4. The highest BCUT2D eigenvalue weighted by molar-refractivity contribution is 6.06. The van der Waals surface area contributed by atoms with Gasteiger partial charge in [-0.3, -0.25) is 4.79 Å². The van der Waals surface area contributed by atoms with Gasteiger partial charge in [-0.2, -0.15) is 5.10 Å². The van der Waals surface area contributed by atoms with Crippen molar-refractivity contribution in [1.29, 1.82) is 0 Å². The lowest BCUT2D eigenvalue weighted by molar-refractivity contribution is 0.102. The Morgan fingerprint density at radius 1 is 1.08 bits per heavy atom. The second-order valence-electron chi connectivity index (χ2n) is 5.91. The number of aromatic hydroxyl groups is 1. The fourth-order valence-electron chi connectivity index (χ4n) is 2.45. The van der Waals surface area contributed by atoms with Crippen molar-refractivity contribution in [2.45, 2.75) is 13.8 Å². The van der Waals surface area contributed by atoms with Crippen molar-refractivity contribution < 1.29 is 9.90 Å². The highest BCUT2D eigenvalue weighted by Crippen LogP contribution is 2.21. The minimum atomic E-state index is -0.262. The number of phenols is 1. The number of amidine groups is 1. The van der Waals surface area contributed by atoms with Gasteiger partial charge in [-0.05, 0) is 55.8 Å². The summed E-state index contributed by atoms with van der Waals surface area (Å²) in [6.45, 7) is 3.50. The topological polar surface area (TPSA) is 116 Å². The SMILES string of the molecule is CC(N)=N/N=C(\C)c1ccc(NC(=O)c2cc3cc(O)ccc3[nH]2)cc1. The number of nitrogens with one attached hydrogen (secondary N) is 2. The second kappa shape index (κ2) is 7.10. The summed E-state index contributed by atoms with van der Waals surface area (Å²) in [5.74, 6) is 0.285. The van der Waals surface area contributed by atoms with Gasteiger partial charge in [0, 0.05) is 16.6 Å². The van der Waals surface area contributed by atoms with Gasteiger partial charge in [0.05, 0.1) is 5.71 Å². The number of phenolic OH excluding ortho intramolecular Hbond substituents is 1. The molecule has 0 spiro atoms. The van der Waals surface area contributed by atoms with Crippen LogP contribution in [0.15, 0.2) is 58.7 Å². The molecular weight excluding hydrogens is 330 g/mol. The van der Waals surface area contributed by atoms with Crippen LogP contribution in [0.3, 0.4) is 0 Å². The van der Waals surface area contributed by atoms with Crippen molar-refractivity contribution in [3.05, 3.63) is 59.8 Å². The molecular formula is C19H19N5O2. The van der Waals surface area contributed by atoms with E-state index in [2.05, 4.69) is 20.5 Å². The highest BCUT2D eigenvalue weighted by Gasteiger charge is 2.10. The third kappa shape index (κ3) is 3.89. The fourth-order valence-corrected chi connectivity index (χ4v) is 2.45. The summed E-state index contributed by atoms with van der Waals surface area (Å²) >= 11 is 0. The number of hydrogen-bond acceptors (Lipinski definition) is 4. The smallest absolute Gasteiger partial charge is 0.272 e. The van der Waals surface area contributed by atoms with Crippen LogP contribution in [0.4, 0.5) is 5.69 Å². The molecule has 0 aliphatic rings. The van der Waals surface area contributed by atoms with Crippen LogP contribution in [0.5, 0.6) is 5.75 Å². The number of anilines is 1. The standard InChI is InChI=1S/C19H19N5O2/c1-11(23-24-12(2)20)13-3-5-15(6-4-13)21-19(26)18-10-14-9-16(25)7-8-17(14)22-18/h3-10,22,25H,1-2H3,(H2,20,24)(H,21,26)/b23-11+. The maximum atomic E-state index is 12.4. The van der Waals surface area contributed by atoms with Crippen LogP contribution in [0.25, 0.3) is 10.9 Å². The van der Waals surface area contributed by atoms with Gasteiger partial charge in [-0.1, -0.05) is 12.1 Å². The van der Waals surface area contributed by atoms with Crippen molar-refractivity contribution in [3.63, 3.8) is 0 Å². The maximum Gasteiger partial charge on any atom is 0.272 e. The molecule has 3 aromatic rings. The van der Waals surface area contributed by atoms with E-state index < -0.39 is 0 Å². The number of hydrogen-bond donors (Lipinski definition) is 4. The molecule has 3 rings (SSSR count). The average molecular weight is 349 g/mol. The number of fused-ring (bicyclic) bond motifs is 1. The van der Waals surface area contributed by atoms with E-state index in [1.54, 1.807) is 43.3 Å². The van der Waals surface area contributed by atoms with E-state index in [4.69, 9.17) is 5.73 Å². The summed E-state index contributed by atoms with van der Waals surface area (Å²) in [6, 6.07) is 13.9. The molecule has 0 saturated carbocycles. The van der Waals surface area contributed by atoms with Crippen molar-refractivity contribution in [2.24, 2.45) is 15.9 Å². The minimum Gasteiger partial charge on any atom is -0.508 e. The molecule has 7 heteroatoms. The summed E-state index contributed by atoms with van der Waals surface area (Å²) in [5.41, 5.74) is 8.94. The minimum absolute atomic E-state index is 0.158. The van der Waals surface area contributed by atoms with E-state index >= 15 is 0 Å². The average Bonchev–Trinajstić information content (AvgIpc) is 3.03. The van der Waals surface area contributed by atoms with Crippen LogP contribution >= 0.6 is 0 Å². The van der Waals surface area contributed by atoms with Gasteiger partial charge in [-0.15, -0.1) is 5.10 Å². The van der Waals surface area contributed by atoms with Gasteiger partial charge in [0.25, 0.3) is 5.91 Å². The summed E-state index contributed by atoms with van der Waals surface area (Å²) in [7, 11) is 0. The lowest BCUT2D eigenvalue weighted by atomic mass is 10.1. The van der Waals surface area contributed by atoms with Gasteiger partial charge >= 0.3 is 0 Å². The van der Waals surface area contributed by atoms with Gasteiger partial charge in [-0.25, -0.2) is 0 Å². The van der Waals surface area contributed by atoms with Crippen LogP contribution in [0, 0.1) is 0 Å². The number of nitrogens with zero attached hydrogens (tertiary/aromatic N) is 2. The molecule has 0 aliphatic carbocycles. The Balaban J connectivity index is 1.74. The lowest BCUT2D eigenvalue weighted by Crippen LogP contribution is -2.12. The van der Waals surface area contributed by atoms with Gasteiger partial charge < -0.3 is 21.1 Å². The summed E-state index contributed by atoms with van der Waals surface area (Å²) in [6.07, 6.45) is 0. The highest BCUT2D eigenvalue weighted by atomic mass is 16.3. The largest absolute Gasteiger partial charge is 0.508 e. The molecule has 0 unspecified atom stereocenters. The Morgan fingerprint density at radius 3 is 2.50 bits per heavy atom. The van der Waals surface area contributed by atoms with E-state index in [1.807, 2.05) is 19.1 Å². The Kier molecular flexibility index (Phi) is 4.70. The quantitative estimate of drug-likeness (QED) is 0.329. The summed E-state index contributed by atoms with van der Waals surface area (Å²) in [5, 5.41) is 21.0. The molecule has 1 amide bonds. The molecule has 132 valence electrons. The number of rotatable bonds is 4. The number of nitrogens with two attached hydrogens (primary N) is 1. The molecule has 0 radical (unpaired) electrons. The molecule has 0 atom stereocenters. The molecule has 0 saturated heterocycles. The van der Waals surface area contributed by atoms with Crippen molar-refractivity contribution in [1.82, 2.24) is 4.98 Å². The molecule has 0 aliphatic heterocycles. The van der Waals surface area contributed by atoms with Gasteiger partial charge in [0.15, 0.2) is 0 Å². The number of benzene rings is 2. The zero-order valence-corrected chi connectivity index (χ0v) is 14.4. The normalized spacial score (nSPS) is 12.4. The van der Waals surface area contributed by atoms with E-state index in [0.29, 0.717) is 17.2 Å². The first-order valence-electron chi connectivity index (χ1n) is 8.00. The van der Waals surface area contributed by atoms with Gasteiger partial charge in [0.1, 0.15) is 17.3 Å². The Morgan fingerprint density at radius 2 is 1.81 bits per heavy atom. The first kappa shape index (κ1) is 17.2. The summed E-state index contributed by atoms with van der Waals surface area (Å²) < 4.78 is 0. The number of H-pyrrole nitrogens is 1. The molecule has 0 fully saturated rings. The Labute approximate surface area is 150 Å². The van der Waals surface area contributed by atoms with E-state index in [9.17, 15) is 9.90 Å². The third-order valence-electron chi connectivity index (χ3n) is 3.77. The van der Waals surface area contributed by atoms with Crippen molar-refractivity contribution in [2.75, 3.05) is 5.32 Å². The van der Waals surface area contributed by atoms with Crippen LogP contribution in [-0.2, 0) is 0 Å². The number of aromatic amines is 1. The predicted molar refractivity (Wildman–Crippen MR) is 104 cm³/mol. The molecule has 1 heterocycles. The van der Waals surface area contributed by atoms with E-state index in [0.717, 1.165) is 22.2 Å². The van der Waals surface area contributed by atoms with E-state index in [1.165, 1.54) is 0 Å². The molecule has 0 bridgehead atoms. The monoisotopic (exact) mass is 349 g/mol.